The fourth-order valence-corrected chi connectivity index (χ4v) is 2.88. The lowest BCUT2D eigenvalue weighted by Gasteiger charge is -2.06. The lowest BCUT2D eigenvalue weighted by Crippen LogP contribution is -2.02. The van der Waals surface area contributed by atoms with Crippen LogP contribution in [0.15, 0.2) is 47.4 Å². The summed E-state index contributed by atoms with van der Waals surface area (Å²) in [5, 5.41) is 19.9. The number of nitro groups is 1. The molecule has 0 radical (unpaired) electrons. The van der Waals surface area contributed by atoms with Gasteiger partial charge in [-0.15, -0.1) is 11.8 Å². The van der Waals surface area contributed by atoms with Crippen molar-refractivity contribution in [1.29, 1.82) is 0 Å². The summed E-state index contributed by atoms with van der Waals surface area (Å²) in [6.45, 7) is 2.01. The van der Waals surface area contributed by atoms with Crippen LogP contribution in [0.25, 0.3) is 0 Å². The predicted octanol–water partition coefficient (Wildman–Crippen LogP) is 3.89. The van der Waals surface area contributed by atoms with E-state index >= 15 is 0 Å². The van der Waals surface area contributed by atoms with Gasteiger partial charge in [-0.05, 0) is 30.2 Å². The molecule has 0 spiro atoms. The van der Waals surface area contributed by atoms with Gasteiger partial charge in [0.25, 0.3) is 5.69 Å². The molecule has 0 heterocycles. The van der Waals surface area contributed by atoms with Crippen molar-refractivity contribution in [2.24, 2.45) is 0 Å². The second-order valence-corrected chi connectivity index (χ2v) is 5.51. The summed E-state index contributed by atoms with van der Waals surface area (Å²) in [6.07, 6.45) is 0. The molecular formula is C15H13NO4S. The molecule has 2 aromatic rings. The molecule has 1 N–H and O–H groups in total. The fourth-order valence-electron chi connectivity index (χ4n) is 1.87. The fraction of sp³-hybridized carbons (Fsp3) is 0.133. The van der Waals surface area contributed by atoms with Crippen LogP contribution in [-0.2, 0) is 5.75 Å². The Morgan fingerprint density at radius 3 is 2.62 bits per heavy atom. The van der Waals surface area contributed by atoms with Crippen LogP contribution in [0.4, 0.5) is 5.69 Å². The Hall–Kier alpha value is -2.34. The monoisotopic (exact) mass is 303 g/mol. The number of thioether (sulfide) groups is 1. The minimum Gasteiger partial charge on any atom is -0.477 e. The van der Waals surface area contributed by atoms with Crippen LogP contribution in [0, 0.1) is 17.0 Å². The Bertz CT molecular complexity index is 700. The van der Waals surface area contributed by atoms with Gasteiger partial charge >= 0.3 is 5.97 Å². The van der Waals surface area contributed by atoms with E-state index < -0.39 is 10.9 Å². The number of carboxylic acid groups (broad SMARTS) is 1. The van der Waals surface area contributed by atoms with Gasteiger partial charge in [-0.1, -0.05) is 24.3 Å². The number of nitrogens with zero attached hydrogens (tertiary/aromatic N) is 1. The summed E-state index contributed by atoms with van der Waals surface area (Å²) in [4.78, 5) is 21.9. The standard InChI is InChI=1S/C15H13NO4S/c1-10-4-2-3-5-11(10)9-21-12-6-7-14(16(19)20)13(8-12)15(17)18/h2-8H,9H2,1H3,(H,17,18). The number of rotatable bonds is 5. The number of carbonyl (C=O) groups is 1. The summed E-state index contributed by atoms with van der Waals surface area (Å²) in [5.74, 6) is -0.608. The van der Waals surface area contributed by atoms with E-state index in [1.54, 1.807) is 6.07 Å². The van der Waals surface area contributed by atoms with E-state index in [1.165, 1.54) is 23.9 Å². The predicted molar refractivity (Wildman–Crippen MR) is 80.8 cm³/mol. The minimum atomic E-state index is -1.29. The highest BCUT2D eigenvalue weighted by molar-refractivity contribution is 7.98. The minimum absolute atomic E-state index is 0.283. The topological polar surface area (TPSA) is 80.4 Å². The van der Waals surface area contributed by atoms with Crippen LogP contribution >= 0.6 is 11.8 Å². The lowest BCUT2D eigenvalue weighted by molar-refractivity contribution is -0.385. The molecular weight excluding hydrogens is 290 g/mol. The number of carboxylic acids is 1. The SMILES string of the molecule is Cc1ccccc1CSc1ccc([N+](=O)[O-])c(C(=O)O)c1. The van der Waals surface area contributed by atoms with E-state index in [2.05, 4.69) is 0 Å². The van der Waals surface area contributed by atoms with Gasteiger partial charge < -0.3 is 5.11 Å². The van der Waals surface area contributed by atoms with Crippen molar-refractivity contribution < 1.29 is 14.8 Å². The Morgan fingerprint density at radius 1 is 1.29 bits per heavy atom. The highest BCUT2D eigenvalue weighted by Gasteiger charge is 2.20. The van der Waals surface area contributed by atoms with Gasteiger partial charge in [-0.2, -0.15) is 0 Å². The zero-order valence-electron chi connectivity index (χ0n) is 11.3. The summed E-state index contributed by atoms with van der Waals surface area (Å²) in [5.41, 5.74) is 1.64. The van der Waals surface area contributed by atoms with E-state index in [1.807, 2.05) is 31.2 Å². The van der Waals surface area contributed by atoms with E-state index in [0.717, 1.165) is 11.1 Å². The molecule has 0 saturated carbocycles. The van der Waals surface area contributed by atoms with E-state index in [9.17, 15) is 14.9 Å². The molecule has 21 heavy (non-hydrogen) atoms. The first-order chi connectivity index (χ1) is 9.99. The first-order valence-corrected chi connectivity index (χ1v) is 7.16. The average molecular weight is 303 g/mol. The molecule has 0 saturated heterocycles. The van der Waals surface area contributed by atoms with E-state index in [-0.39, 0.29) is 11.3 Å². The highest BCUT2D eigenvalue weighted by atomic mass is 32.2. The van der Waals surface area contributed by atoms with Crippen LogP contribution in [-0.4, -0.2) is 16.0 Å². The molecule has 0 aliphatic carbocycles. The van der Waals surface area contributed by atoms with Gasteiger partial charge in [0.05, 0.1) is 4.92 Å². The molecule has 0 aromatic heterocycles. The maximum absolute atomic E-state index is 11.1. The molecule has 2 aromatic carbocycles. The summed E-state index contributed by atoms with van der Waals surface area (Å²) in [7, 11) is 0. The van der Waals surface area contributed by atoms with Gasteiger partial charge in [0, 0.05) is 16.7 Å². The van der Waals surface area contributed by atoms with Crippen molar-refractivity contribution in [3.05, 3.63) is 69.3 Å². The van der Waals surface area contributed by atoms with Gasteiger partial charge in [0.15, 0.2) is 0 Å². The Morgan fingerprint density at radius 2 is 2.00 bits per heavy atom. The van der Waals surface area contributed by atoms with Crippen LogP contribution in [0.5, 0.6) is 0 Å². The normalized spacial score (nSPS) is 10.3. The van der Waals surface area contributed by atoms with Gasteiger partial charge in [0.2, 0.25) is 0 Å². The Kier molecular flexibility index (Phi) is 4.59. The van der Waals surface area contributed by atoms with Gasteiger partial charge in [0.1, 0.15) is 5.56 Å². The number of hydrogen-bond donors (Lipinski definition) is 1. The molecule has 0 atom stereocenters. The zero-order valence-corrected chi connectivity index (χ0v) is 12.1. The lowest BCUT2D eigenvalue weighted by atomic mass is 10.1. The van der Waals surface area contributed by atoms with Gasteiger partial charge in [-0.3, -0.25) is 10.1 Å². The average Bonchev–Trinajstić information content (AvgIpc) is 2.46. The van der Waals surface area contributed by atoms with E-state index in [4.69, 9.17) is 5.11 Å². The Balaban J connectivity index is 2.22. The molecule has 6 heteroatoms. The first-order valence-electron chi connectivity index (χ1n) is 6.18. The molecule has 0 bridgehead atoms. The number of aromatic carboxylic acids is 1. The molecule has 2 rings (SSSR count). The van der Waals surface area contributed by atoms with Crippen molar-refractivity contribution in [3.63, 3.8) is 0 Å². The van der Waals surface area contributed by atoms with Crippen molar-refractivity contribution in [2.45, 2.75) is 17.6 Å². The Labute approximate surface area is 125 Å². The smallest absolute Gasteiger partial charge is 0.342 e. The van der Waals surface area contributed by atoms with E-state index in [0.29, 0.717) is 10.6 Å². The van der Waals surface area contributed by atoms with Crippen molar-refractivity contribution in [3.8, 4) is 0 Å². The van der Waals surface area contributed by atoms with Crippen LogP contribution in [0.3, 0.4) is 0 Å². The van der Waals surface area contributed by atoms with Crippen molar-refractivity contribution in [2.75, 3.05) is 0 Å². The molecule has 0 fully saturated rings. The zero-order chi connectivity index (χ0) is 15.4. The molecule has 0 aliphatic rings. The highest BCUT2D eigenvalue weighted by Crippen LogP contribution is 2.29. The largest absolute Gasteiger partial charge is 0.477 e. The third-order valence-electron chi connectivity index (χ3n) is 3.05. The molecule has 0 aliphatic heterocycles. The third kappa shape index (κ3) is 3.61. The van der Waals surface area contributed by atoms with Crippen LogP contribution < -0.4 is 0 Å². The quantitative estimate of drug-likeness (QED) is 0.515. The number of benzene rings is 2. The third-order valence-corrected chi connectivity index (χ3v) is 4.09. The molecule has 5 nitrogen and oxygen atoms in total. The second kappa shape index (κ2) is 6.41. The molecule has 0 amide bonds. The number of hydrogen-bond acceptors (Lipinski definition) is 4. The molecule has 0 unspecified atom stereocenters. The summed E-state index contributed by atoms with van der Waals surface area (Å²) >= 11 is 1.45. The van der Waals surface area contributed by atoms with Crippen molar-refractivity contribution in [1.82, 2.24) is 0 Å². The second-order valence-electron chi connectivity index (χ2n) is 4.46. The maximum Gasteiger partial charge on any atom is 0.342 e. The first kappa shape index (κ1) is 15.1. The van der Waals surface area contributed by atoms with Crippen LogP contribution in [0.2, 0.25) is 0 Å². The maximum atomic E-state index is 11.1. The number of aryl methyl sites for hydroxylation is 1. The van der Waals surface area contributed by atoms with Crippen LogP contribution in [0.1, 0.15) is 21.5 Å². The summed E-state index contributed by atoms with van der Waals surface area (Å²) in [6, 6.07) is 12.1. The van der Waals surface area contributed by atoms with Crippen molar-refractivity contribution >= 4 is 23.4 Å². The summed E-state index contributed by atoms with van der Waals surface area (Å²) < 4.78 is 0. The molecule has 108 valence electrons. The van der Waals surface area contributed by atoms with Gasteiger partial charge in [-0.25, -0.2) is 4.79 Å². The number of nitro benzene ring substituents is 1.